The number of benzene rings is 1. The predicted octanol–water partition coefficient (Wildman–Crippen LogP) is 1.20. The molecule has 1 aliphatic carbocycles. The van der Waals surface area contributed by atoms with Crippen molar-refractivity contribution in [2.24, 2.45) is 0 Å². The summed E-state index contributed by atoms with van der Waals surface area (Å²) >= 11 is 0. The molecule has 0 amide bonds. The minimum Gasteiger partial charge on any atom is -0.495 e. The molecule has 1 aromatic carbocycles. The Balaban J connectivity index is 2.37. The second kappa shape index (κ2) is 6.64. The Bertz CT molecular complexity index is 585. The summed E-state index contributed by atoms with van der Waals surface area (Å²) in [6.45, 7) is 0.286. The standard InChI is InChI=1S/C14H22N2O4S/c1-20-13-10-11(15)6-7-14(13)21(18,19)16(8-3-9-17)12-4-2-5-12/h6-7,10,12,17H,2-5,8-9,15H2,1H3. The SMILES string of the molecule is COc1cc(N)ccc1S(=O)(=O)N(CCCO)C1CCC1. The van der Waals surface area contributed by atoms with Crippen molar-refractivity contribution < 1.29 is 18.3 Å². The number of rotatable bonds is 7. The van der Waals surface area contributed by atoms with E-state index in [-0.39, 0.29) is 23.3 Å². The molecule has 0 aromatic heterocycles. The van der Waals surface area contributed by atoms with E-state index >= 15 is 0 Å². The monoisotopic (exact) mass is 314 g/mol. The predicted molar refractivity (Wildman–Crippen MR) is 80.6 cm³/mol. The van der Waals surface area contributed by atoms with Crippen LogP contribution in [0.4, 0.5) is 5.69 Å². The highest BCUT2D eigenvalue weighted by Crippen LogP contribution is 2.34. The van der Waals surface area contributed by atoms with Crippen LogP contribution in [0.25, 0.3) is 0 Å². The van der Waals surface area contributed by atoms with Gasteiger partial charge in [-0.05, 0) is 31.4 Å². The molecule has 0 aliphatic heterocycles. The highest BCUT2D eigenvalue weighted by atomic mass is 32.2. The average molecular weight is 314 g/mol. The summed E-state index contributed by atoms with van der Waals surface area (Å²) in [5, 5.41) is 9.00. The van der Waals surface area contributed by atoms with Crippen molar-refractivity contribution in [3.05, 3.63) is 18.2 Å². The minimum atomic E-state index is -3.65. The van der Waals surface area contributed by atoms with E-state index in [0.717, 1.165) is 19.3 Å². The fraction of sp³-hybridized carbons (Fsp3) is 0.571. The number of sulfonamides is 1. The van der Waals surface area contributed by atoms with Crippen molar-refractivity contribution in [3.63, 3.8) is 0 Å². The van der Waals surface area contributed by atoms with Gasteiger partial charge in [0.15, 0.2) is 0 Å². The molecule has 118 valence electrons. The highest BCUT2D eigenvalue weighted by molar-refractivity contribution is 7.89. The number of aliphatic hydroxyl groups excluding tert-OH is 1. The zero-order valence-electron chi connectivity index (χ0n) is 12.2. The third-order valence-corrected chi connectivity index (χ3v) is 5.78. The van der Waals surface area contributed by atoms with Gasteiger partial charge in [0.25, 0.3) is 0 Å². The lowest BCUT2D eigenvalue weighted by atomic mass is 9.93. The molecule has 0 saturated heterocycles. The molecule has 1 aliphatic rings. The van der Waals surface area contributed by atoms with Crippen LogP contribution in [0.5, 0.6) is 5.75 Å². The second-order valence-corrected chi connectivity index (χ2v) is 7.05. The van der Waals surface area contributed by atoms with Gasteiger partial charge in [0.05, 0.1) is 7.11 Å². The van der Waals surface area contributed by atoms with E-state index in [1.165, 1.54) is 23.5 Å². The van der Waals surface area contributed by atoms with E-state index in [0.29, 0.717) is 18.7 Å². The van der Waals surface area contributed by atoms with Crippen LogP contribution < -0.4 is 10.5 Å². The van der Waals surface area contributed by atoms with Crippen molar-refractivity contribution in [1.82, 2.24) is 4.31 Å². The van der Waals surface area contributed by atoms with Crippen molar-refractivity contribution in [3.8, 4) is 5.75 Å². The maximum Gasteiger partial charge on any atom is 0.247 e. The number of ether oxygens (including phenoxy) is 1. The molecule has 0 unspecified atom stereocenters. The molecule has 3 N–H and O–H groups in total. The van der Waals surface area contributed by atoms with E-state index in [9.17, 15) is 8.42 Å². The largest absolute Gasteiger partial charge is 0.495 e. The van der Waals surface area contributed by atoms with Crippen LogP contribution in [-0.4, -0.2) is 44.1 Å². The van der Waals surface area contributed by atoms with E-state index in [4.69, 9.17) is 15.6 Å². The lowest BCUT2D eigenvalue weighted by Gasteiger charge is -2.36. The number of nitrogens with zero attached hydrogens (tertiary/aromatic N) is 1. The Morgan fingerprint density at radius 2 is 2.14 bits per heavy atom. The van der Waals surface area contributed by atoms with Gasteiger partial charge in [-0.2, -0.15) is 4.31 Å². The number of nitrogens with two attached hydrogens (primary N) is 1. The Hall–Kier alpha value is -1.31. The highest BCUT2D eigenvalue weighted by Gasteiger charge is 2.35. The molecule has 0 radical (unpaired) electrons. The molecule has 7 heteroatoms. The lowest BCUT2D eigenvalue weighted by Crippen LogP contribution is -2.44. The molecule has 2 rings (SSSR count). The summed E-state index contributed by atoms with van der Waals surface area (Å²) in [5.74, 6) is 0.253. The normalized spacial score (nSPS) is 16.0. The summed E-state index contributed by atoms with van der Waals surface area (Å²) in [6.07, 6.45) is 3.19. The zero-order valence-corrected chi connectivity index (χ0v) is 13.0. The van der Waals surface area contributed by atoms with Crippen LogP contribution in [0.15, 0.2) is 23.1 Å². The Morgan fingerprint density at radius 3 is 2.67 bits per heavy atom. The molecule has 6 nitrogen and oxygen atoms in total. The van der Waals surface area contributed by atoms with Gasteiger partial charge >= 0.3 is 0 Å². The van der Waals surface area contributed by atoms with Gasteiger partial charge in [-0.3, -0.25) is 0 Å². The third kappa shape index (κ3) is 3.30. The lowest BCUT2D eigenvalue weighted by molar-refractivity contribution is 0.198. The topological polar surface area (TPSA) is 92.9 Å². The number of anilines is 1. The number of aliphatic hydroxyl groups is 1. The fourth-order valence-electron chi connectivity index (χ4n) is 2.42. The van der Waals surface area contributed by atoms with Crippen molar-refractivity contribution in [2.45, 2.75) is 36.6 Å². The van der Waals surface area contributed by atoms with E-state index in [1.807, 2.05) is 0 Å². The number of nitrogen functional groups attached to an aromatic ring is 1. The smallest absolute Gasteiger partial charge is 0.247 e. The second-order valence-electron chi connectivity index (χ2n) is 5.19. The van der Waals surface area contributed by atoms with Gasteiger partial charge in [0, 0.05) is 30.9 Å². The van der Waals surface area contributed by atoms with Gasteiger partial charge in [-0.1, -0.05) is 6.42 Å². The van der Waals surface area contributed by atoms with Crippen molar-refractivity contribution in [2.75, 3.05) is 26.0 Å². The summed E-state index contributed by atoms with van der Waals surface area (Å²) in [6, 6.07) is 4.57. The van der Waals surface area contributed by atoms with E-state index in [1.54, 1.807) is 6.07 Å². The molecule has 1 saturated carbocycles. The fourth-order valence-corrected chi connectivity index (χ4v) is 4.29. The molecule has 0 spiro atoms. The molecule has 1 aromatic rings. The van der Waals surface area contributed by atoms with Crippen LogP contribution in [-0.2, 0) is 10.0 Å². The van der Waals surface area contributed by atoms with Crippen molar-refractivity contribution >= 4 is 15.7 Å². The average Bonchev–Trinajstić information content (AvgIpc) is 2.40. The Kier molecular flexibility index (Phi) is 5.08. The third-order valence-electron chi connectivity index (χ3n) is 3.79. The van der Waals surface area contributed by atoms with Gasteiger partial charge in [0.2, 0.25) is 10.0 Å². The summed E-state index contributed by atoms with van der Waals surface area (Å²) < 4.78 is 32.4. The zero-order chi connectivity index (χ0) is 15.5. The molecule has 0 atom stereocenters. The molecular formula is C14H22N2O4S. The Morgan fingerprint density at radius 1 is 1.43 bits per heavy atom. The summed E-state index contributed by atoms with van der Waals surface area (Å²) in [7, 11) is -2.23. The van der Waals surface area contributed by atoms with Crippen LogP contribution in [0.2, 0.25) is 0 Å². The molecule has 0 heterocycles. The summed E-state index contributed by atoms with van der Waals surface area (Å²) in [4.78, 5) is 0.129. The minimum absolute atomic E-state index is 0.0174. The number of hydrogen-bond acceptors (Lipinski definition) is 5. The van der Waals surface area contributed by atoms with Gasteiger partial charge in [-0.25, -0.2) is 8.42 Å². The summed E-state index contributed by atoms with van der Waals surface area (Å²) in [5.41, 5.74) is 6.13. The maximum atomic E-state index is 12.9. The number of methoxy groups -OCH3 is 1. The van der Waals surface area contributed by atoms with Crippen LogP contribution >= 0.6 is 0 Å². The first-order valence-corrected chi connectivity index (χ1v) is 8.51. The first-order valence-electron chi connectivity index (χ1n) is 7.07. The molecule has 21 heavy (non-hydrogen) atoms. The van der Waals surface area contributed by atoms with E-state index in [2.05, 4.69) is 0 Å². The van der Waals surface area contributed by atoms with Gasteiger partial charge in [0.1, 0.15) is 10.6 Å². The first kappa shape index (κ1) is 16.1. The van der Waals surface area contributed by atoms with Crippen LogP contribution in [0.1, 0.15) is 25.7 Å². The molecule has 1 fully saturated rings. The van der Waals surface area contributed by atoms with Crippen molar-refractivity contribution in [1.29, 1.82) is 0 Å². The van der Waals surface area contributed by atoms with Crippen LogP contribution in [0.3, 0.4) is 0 Å². The van der Waals surface area contributed by atoms with Gasteiger partial charge in [-0.15, -0.1) is 0 Å². The van der Waals surface area contributed by atoms with E-state index < -0.39 is 10.0 Å². The number of hydrogen-bond donors (Lipinski definition) is 2. The quantitative estimate of drug-likeness (QED) is 0.738. The first-order chi connectivity index (χ1) is 10.0. The molecule has 0 bridgehead atoms. The Labute approximate surface area is 125 Å². The van der Waals surface area contributed by atoms with Gasteiger partial charge < -0.3 is 15.6 Å². The molecular weight excluding hydrogens is 292 g/mol. The van der Waals surface area contributed by atoms with Crippen LogP contribution in [0, 0.1) is 0 Å². The maximum absolute atomic E-state index is 12.9.